The summed E-state index contributed by atoms with van der Waals surface area (Å²) in [6, 6.07) is 2.36. The molecule has 1 rings (SSSR count). The van der Waals surface area contributed by atoms with Crippen LogP contribution in [0.25, 0.3) is 0 Å². The molecule has 0 bridgehead atoms. The van der Waals surface area contributed by atoms with Gasteiger partial charge in [0.05, 0.1) is 0 Å². The summed E-state index contributed by atoms with van der Waals surface area (Å²) >= 11 is 0. The first-order valence-corrected chi connectivity index (χ1v) is 5.44. The Labute approximate surface area is 91.5 Å². The van der Waals surface area contributed by atoms with Gasteiger partial charge in [-0.2, -0.15) is 4.98 Å². The van der Waals surface area contributed by atoms with E-state index in [0.717, 1.165) is 12.2 Å². The molecule has 84 valence electrons. The molecule has 1 atom stereocenters. The number of hydrogen-bond acceptors (Lipinski definition) is 4. The number of hydrogen-bond donors (Lipinski definition) is 2. The first-order valence-electron chi connectivity index (χ1n) is 5.44. The molecule has 1 unspecified atom stereocenters. The molecular formula is C11H20N4. The van der Waals surface area contributed by atoms with E-state index in [1.54, 1.807) is 6.20 Å². The normalized spacial score (nSPS) is 12.6. The lowest BCUT2D eigenvalue weighted by molar-refractivity contribution is 0.510. The second-order valence-electron chi connectivity index (χ2n) is 3.92. The number of rotatable bonds is 5. The summed E-state index contributed by atoms with van der Waals surface area (Å²) in [5, 5.41) is 6.34. The second kappa shape index (κ2) is 5.53. The van der Waals surface area contributed by atoms with Crippen LogP contribution in [0.3, 0.4) is 0 Å². The molecule has 1 aromatic heterocycles. The van der Waals surface area contributed by atoms with Crippen LogP contribution in [-0.2, 0) is 0 Å². The summed E-state index contributed by atoms with van der Waals surface area (Å²) in [6.45, 7) is 6.60. The Kier molecular flexibility index (Phi) is 4.34. The minimum absolute atomic E-state index is 0.463. The average Bonchev–Trinajstić information content (AvgIpc) is 2.25. The van der Waals surface area contributed by atoms with Crippen LogP contribution < -0.4 is 10.6 Å². The maximum Gasteiger partial charge on any atom is 0.224 e. The van der Waals surface area contributed by atoms with Crippen LogP contribution in [0.5, 0.6) is 0 Å². The van der Waals surface area contributed by atoms with Gasteiger partial charge in [0.25, 0.3) is 0 Å². The fourth-order valence-corrected chi connectivity index (χ4v) is 1.49. The van der Waals surface area contributed by atoms with Crippen LogP contribution in [0, 0.1) is 5.92 Å². The topological polar surface area (TPSA) is 49.8 Å². The van der Waals surface area contributed by atoms with Crippen LogP contribution in [0.1, 0.15) is 27.2 Å². The fourth-order valence-electron chi connectivity index (χ4n) is 1.49. The Balaban J connectivity index is 2.70. The molecule has 1 aromatic rings. The lowest BCUT2D eigenvalue weighted by Gasteiger charge is -2.21. The van der Waals surface area contributed by atoms with Gasteiger partial charge in [-0.05, 0) is 18.4 Å². The van der Waals surface area contributed by atoms with Gasteiger partial charge in [-0.25, -0.2) is 4.98 Å². The summed E-state index contributed by atoms with van der Waals surface area (Å²) in [4.78, 5) is 8.40. The number of aromatic nitrogens is 2. The number of nitrogens with one attached hydrogen (secondary N) is 2. The van der Waals surface area contributed by atoms with Crippen molar-refractivity contribution < 1.29 is 0 Å². The van der Waals surface area contributed by atoms with Gasteiger partial charge >= 0.3 is 0 Å². The van der Waals surface area contributed by atoms with Crippen molar-refractivity contribution in [3.8, 4) is 0 Å². The SMILES string of the molecule is CCC(Nc1ccnc(NC)n1)C(C)C. The molecular weight excluding hydrogens is 188 g/mol. The molecule has 0 amide bonds. The predicted octanol–water partition coefficient (Wildman–Crippen LogP) is 2.36. The van der Waals surface area contributed by atoms with E-state index in [2.05, 4.69) is 41.4 Å². The summed E-state index contributed by atoms with van der Waals surface area (Å²) in [7, 11) is 1.82. The van der Waals surface area contributed by atoms with Crippen LogP contribution >= 0.6 is 0 Å². The van der Waals surface area contributed by atoms with Crippen molar-refractivity contribution in [2.75, 3.05) is 17.7 Å². The maximum atomic E-state index is 4.33. The van der Waals surface area contributed by atoms with E-state index in [-0.39, 0.29) is 0 Å². The molecule has 0 aliphatic rings. The standard InChI is InChI=1S/C11H20N4/c1-5-9(8(2)3)14-10-6-7-13-11(12-4)15-10/h6-9H,5H2,1-4H3,(H2,12,13,14,15). The Hall–Kier alpha value is -1.32. The van der Waals surface area contributed by atoms with Crippen molar-refractivity contribution in [3.05, 3.63) is 12.3 Å². The Morgan fingerprint density at radius 3 is 2.67 bits per heavy atom. The zero-order valence-electron chi connectivity index (χ0n) is 9.91. The van der Waals surface area contributed by atoms with Crippen LogP contribution in [-0.4, -0.2) is 23.1 Å². The van der Waals surface area contributed by atoms with Gasteiger partial charge in [0, 0.05) is 19.3 Å². The maximum absolute atomic E-state index is 4.33. The summed E-state index contributed by atoms with van der Waals surface area (Å²) in [5.41, 5.74) is 0. The highest BCUT2D eigenvalue weighted by molar-refractivity contribution is 5.40. The molecule has 4 nitrogen and oxygen atoms in total. The third kappa shape index (κ3) is 3.38. The lowest BCUT2D eigenvalue weighted by atomic mass is 10.0. The minimum atomic E-state index is 0.463. The summed E-state index contributed by atoms with van der Waals surface area (Å²) in [5.74, 6) is 2.14. The van der Waals surface area contributed by atoms with Gasteiger partial charge in [0.2, 0.25) is 5.95 Å². The highest BCUT2D eigenvalue weighted by Gasteiger charge is 2.11. The van der Waals surface area contributed by atoms with Gasteiger partial charge < -0.3 is 10.6 Å². The van der Waals surface area contributed by atoms with Crippen LogP contribution in [0.4, 0.5) is 11.8 Å². The minimum Gasteiger partial charge on any atom is -0.367 e. The van der Waals surface area contributed by atoms with Crippen molar-refractivity contribution in [1.29, 1.82) is 0 Å². The van der Waals surface area contributed by atoms with Crippen molar-refractivity contribution >= 4 is 11.8 Å². The van der Waals surface area contributed by atoms with E-state index in [9.17, 15) is 0 Å². The fraction of sp³-hybridized carbons (Fsp3) is 0.636. The van der Waals surface area contributed by atoms with Gasteiger partial charge in [0.1, 0.15) is 5.82 Å². The predicted molar refractivity (Wildman–Crippen MR) is 64.1 cm³/mol. The molecule has 15 heavy (non-hydrogen) atoms. The number of nitrogens with zero attached hydrogens (tertiary/aromatic N) is 2. The zero-order valence-corrected chi connectivity index (χ0v) is 9.91. The van der Waals surface area contributed by atoms with Gasteiger partial charge in [-0.15, -0.1) is 0 Å². The van der Waals surface area contributed by atoms with Crippen molar-refractivity contribution in [2.45, 2.75) is 33.2 Å². The Morgan fingerprint density at radius 1 is 1.40 bits per heavy atom. The summed E-state index contributed by atoms with van der Waals surface area (Å²) in [6.07, 6.45) is 2.85. The smallest absolute Gasteiger partial charge is 0.224 e. The molecule has 0 fully saturated rings. The van der Waals surface area contributed by atoms with E-state index in [4.69, 9.17) is 0 Å². The number of anilines is 2. The molecule has 1 heterocycles. The molecule has 0 aromatic carbocycles. The highest BCUT2D eigenvalue weighted by Crippen LogP contribution is 2.13. The van der Waals surface area contributed by atoms with Crippen LogP contribution in [0.15, 0.2) is 12.3 Å². The first kappa shape index (κ1) is 11.8. The largest absolute Gasteiger partial charge is 0.367 e. The van der Waals surface area contributed by atoms with E-state index < -0.39 is 0 Å². The third-order valence-electron chi connectivity index (χ3n) is 2.46. The first-order chi connectivity index (χ1) is 7.17. The molecule has 0 saturated carbocycles. The Bertz CT molecular complexity index is 298. The van der Waals surface area contributed by atoms with E-state index >= 15 is 0 Å². The lowest BCUT2D eigenvalue weighted by Crippen LogP contribution is -2.25. The Morgan fingerprint density at radius 2 is 2.13 bits per heavy atom. The average molecular weight is 208 g/mol. The second-order valence-corrected chi connectivity index (χ2v) is 3.92. The van der Waals surface area contributed by atoms with E-state index in [0.29, 0.717) is 17.9 Å². The van der Waals surface area contributed by atoms with Crippen molar-refractivity contribution in [3.63, 3.8) is 0 Å². The molecule has 4 heteroatoms. The summed E-state index contributed by atoms with van der Waals surface area (Å²) < 4.78 is 0. The van der Waals surface area contributed by atoms with Crippen LogP contribution in [0.2, 0.25) is 0 Å². The van der Waals surface area contributed by atoms with Crippen molar-refractivity contribution in [2.24, 2.45) is 5.92 Å². The molecule has 0 aliphatic carbocycles. The van der Waals surface area contributed by atoms with Gasteiger partial charge in [-0.3, -0.25) is 0 Å². The molecule has 2 N–H and O–H groups in total. The monoisotopic (exact) mass is 208 g/mol. The molecule has 0 spiro atoms. The van der Waals surface area contributed by atoms with Crippen molar-refractivity contribution in [1.82, 2.24) is 9.97 Å². The van der Waals surface area contributed by atoms with Gasteiger partial charge in [-0.1, -0.05) is 20.8 Å². The third-order valence-corrected chi connectivity index (χ3v) is 2.46. The molecule has 0 saturated heterocycles. The van der Waals surface area contributed by atoms with E-state index in [1.807, 2.05) is 13.1 Å². The van der Waals surface area contributed by atoms with E-state index in [1.165, 1.54) is 0 Å². The zero-order chi connectivity index (χ0) is 11.3. The highest BCUT2D eigenvalue weighted by atomic mass is 15.1. The van der Waals surface area contributed by atoms with Gasteiger partial charge in [0.15, 0.2) is 0 Å². The molecule has 0 radical (unpaired) electrons. The molecule has 0 aliphatic heterocycles. The quantitative estimate of drug-likeness (QED) is 0.780.